The number of ether oxygens (including phenoxy) is 1. The number of Topliss-reactive ketones (excluding diaryl/α,β-unsaturated/α-hetero) is 1. The van der Waals surface area contributed by atoms with Gasteiger partial charge in [0, 0.05) is 34.8 Å². The smallest absolute Gasteiger partial charge is 0.267 e. The second-order valence-corrected chi connectivity index (χ2v) is 8.27. The summed E-state index contributed by atoms with van der Waals surface area (Å²) in [5.74, 6) is -1.23. The highest BCUT2D eigenvalue weighted by molar-refractivity contribution is 6.30. The fraction of sp³-hybridized carbons (Fsp3) is 0.160. The number of primary amides is 1. The number of pyridine rings is 2. The fourth-order valence-electron chi connectivity index (χ4n) is 3.73. The number of carbonyl (C=O) groups excluding carboxylic acids is 2. The number of halogens is 2. The number of hydrogen-bond acceptors (Lipinski definition) is 7. The van der Waals surface area contributed by atoms with Crippen LogP contribution in [0.2, 0.25) is 5.02 Å². The predicted octanol–water partition coefficient (Wildman–Crippen LogP) is 3.39. The van der Waals surface area contributed by atoms with Crippen molar-refractivity contribution in [2.45, 2.75) is 18.9 Å². The Labute approximate surface area is 209 Å². The topological polar surface area (TPSA) is 130 Å². The van der Waals surface area contributed by atoms with Crippen molar-refractivity contribution in [3.63, 3.8) is 0 Å². The molecule has 9 nitrogen and oxygen atoms in total. The van der Waals surface area contributed by atoms with Crippen LogP contribution in [0.4, 0.5) is 4.39 Å². The summed E-state index contributed by atoms with van der Waals surface area (Å²) in [6.07, 6.45) is 5.38. The summed E-state index contributed by atoms with van der Waals surface area (Å²) in [6.45, 7) is 0. The van der Waals surface area contributed by atoms with E-state index in [1.165, 1.54) is 66.9 Å². The van der Waals surface area contributed by atoms with Crippen LogP contribution < -0.4 is 16.0 Å². The molecule has 2 N–H and O–H groups in total. The van der Waals surface area contributed by atoms with Gasteiger partial charge in [0.1, 0.15) is 29.6 Å². The molecule has 1 amide bonds. The first kappa shape index (κ1) is 24.8. The molecule has 3 heterocycles. The first-order valence-electron chi connectivity index (χ1n) is 10.7. The molecular weight excluding hydrogens is 491 g/mol. The summed E-state index contributed by atoms with van der Waals surface area (Å²) in [6, 6.07) is 7.10. The van der Waals surface area contributed by atoms with Crippen molar-refractivity contribution in [1.29, 1.82) is 0 Å². The summed E-state index contributed by atoms with van der Waals surface area (Å²) in [5.41, 5.74) is 5.49. The van der Waals surface area contributed by atoms with Crippen molar-refractivity contribution >= 4 is 23.3 Å². The minimum Gasteiger partial charge on any atom is -0.495 e. The summed E-state index contributed by atoms with van der Waals surface area (Å²) in [4.78, 5) is 45.9. The van der Waals surface area contributed by atoms with Crippen LogP contribution in [0.1, 0.15) is 28.0 Å². The molecule has 0 spiro atoms. The molecule has 184 valence electrons. The van der Waals surface area contributed by atoms with Crippen molar-refractivity contribution in [2.75, 3.05) is 7.11 Å². The van der Waals surface area contributed by atoms with Gasteiger partial charge in [-0.05, 0) is 29.8 Å². The second-order valence-electron chi connectivity index (χ2n) is 7.83. The third kappa shape index (κ3) is 5.33. The number of nitrogens with zero attached hydrogens (tertiary/aromatic N) is 3. The third-order valence-electron chi connectivity index (χ3n) is 5.50. The molecule has 1 atom stereocenters. The summed E-state index contributed by atoms with van der Waals surface area (Å²) >= 11 is 6.03. The molecule has 4 aromatic rings. The number of oxazole rings is 1. The van der Waals surface area contributed by atoms with Gasteiger partial charge in [-0.3, -0.25) is 19.4 Å². The van der Waals surface area contributed by atoms with E-state index < -0.39 is 23.3 Å². The molecular formula is C25H20ClFN4O5. The Kier molecular flexibility index (Phi) is 7.25. The van der Waals surface area contributed by atoms with Gasteiger partial charge in [-0.1, -0.05) is 17.7 Å². The Bertz CT molecular complexity index is 1470. The maximum absolute atomic E-state index is 14.5. The average molecular weight is 511 g/mol. The summed E-state index contributed by atoms with van der Waals surface area (Å²) in [5, 5.41) is 0.283. The molecule has 1 unspecified atom stereocenters. The largest absolute Gasteiger partial charge is 0.495 e. The molecule has 0 fully saturated rings. The number of carbonyl (C=O) groups is 2. The fourth-order valence-corrected chi connectivity index (χ4v) is 3.90. The molecule has 0 saturated carbocycles. The minimum absolute atomic E-state index is 0.0213. The van der Waals surface area contributed by atoms with E-state index in [-0.39, 0.29) is 52.1 Å². The van der Waals surface area contributed by atoms with Crippen LogP contribution >= 0.6 is 11.6 Å². The van der Waals surface area contributed by atoms with Crippen LogP contribution in [0.5, 0.6) is 5.75 Å². The Balaban J connectivity index is 1.74. The average Bonchev–Trinajstić information content (AvgIpc) is 3.38. The van der Waals surface area contributed by atoms with Crippen LogP contribution in [-0.4, -0.2) is 33.3 Å². The predicted molar refractivity (Wildman–Crippen MR) is 128 cm³/mol. The Morgan fingerprint density at radius 2 is 2.00 bits per heavy atom. The third-order valence-corrected chi connectivity index (χ3v) is 5.73. The van der Waals surface area contributed by atoms with Crippen molar-refractivity contribution < 1.29 is 23.1 Å². The van der Waals surface area contributed by atoms with Crippen LogP contribution in [0, 0.1) is 5.82 Å². The van der Waals surface area contributed by atoms with E-state index in [0.29, 0.717) is 5.56 Å². The van der Waals surface area contributed by atoms with Gasteiger partial charge in [0.15, 0.2) is 11.7 Å². The highest BCUT2D eigenvalue weighted by Gasteiger charge is 2.26. The zero-order chi connectivity index (χ0) is 25.8. The van der Waals surface area contributed by atoms with E-state index in [4.69, 9.17) is 26.5 Å². The standard InChI is InChI=1S/C25H20ClFN4O5/c1-35-22-13-31(24(33)10-17(22)16-9-15(26)3-4-18(16)27)20(11-23-29-6-7-36-23)21(32)8-14-2-5-19(25(28)34)30-12-14/h2-7,9-10,12-13,20H,8,11H2,1H3,(H2,28,34). The van der Waals surface area contributed by atoms with Crippen LogP contribution in [0.25, 0.3) is 11.1 Å². The number of amides is 1. The molecule has 4 rings (SSSR count). The van der Waals surface area contributed by atoms with Gasteiger partial charge >= 0.3 is 0 Å². The minimum atomic E-state index is -1.03. The molecule has 3 aromatic heterocycles. The Hall–Kier alpha value is -4.31. The lowest BCUT2D eigenvalue weighted by atomic mass is 10.0. The number of rotatable bonds is 9. The van der Waals surface area contributed by atoms with Crippen LogP contribution in [-0.2, 0) is 17.6 Å². The summed E-state index contributed by atoms with van der Waals surface area (Å²) in [7, 11) is 1.37. The van der Waals surface area contributed by atoms with Gasteiger partial charge in [0.25, 0.3) is 11.5 Å². The Morgan fingerprint density at radius 3 is 2.64 bits per heavy atom. The number of nitrogens with two attached hydrogens (primary N) is 1. The molecule has 0 aliphatic heterocycles. The SMILES string of the molecule is COc1cn(C(Cc2ncco2)C(=O)Cc2ccc(C(N)=O)nc2)c(=O)cc1-c1cc(Cl)ccc1F. The number of aromatic nitrogens is 3. The van der Waals surface area contributed by atoms with Crippen LogP contribution in [0.3, 0.4) is 0 Å². The van der Waals surface area contributed by atoms with Gasteiger partial charge in [0.2, 0.25) is 0 Å². The highest BCUT2D eigenvalue weighted by atomic mass is 35.5. The second kappa shape index (κ2) is 10.5. The molecule has 0 radical (unpaired) electrons. The van der Waals surface area contributed by atoms with E-state index in [1.807, 2.05) is 0 Å². The quantitative estimate of drug-likeness (QED) is 0.365. The molecule has 0 saturated heterocycles. The number of hydrogen-bond donors (Lipinski definition) is 1. The molecule has 11 heteroatoms. The Morgan fingerprint density at radius 1 is 1.19 bits per heavy atom. The first-order valence-corrected chi connectivity index (χ1v) is 11.1. The number of methoxy groups -OCH3 is 1. The molecule has 0 aliphatic carbocycles. The molecule has 0 bridgehead atoms. The molecule has 0 aliphatic rings. The monoisotopic (exact) mass is 510 g/mol. The highest BCUT2D eigenvalue weighted by Crippen LogP contribution is 2.33. The van der Waals surface area contributed by atoms with E-state index >= 15 is 0 Å². The normalized spacial score (nSPS) is 11.8. The lowest BCUT2D eigenvalue weighted by molar-refractivity contribution is -0.121. The zero-order valence-corrected chi connectivity index (χ0v) is 19.7. The zero-order valence-electron chi connectivity index (χ0n) is 19.0. The van der Waals surface area contributed by atoms with E-state index in [0.717, 1.165) is 0 Å². The van der Waals surface area contributed by atoms with Crippen LogP contribution in [0.15, 0.2) is 70.5 Å². The lowest BCUT2D eigenvalue weighted by Gasteiger charge is -2.20. The van der Waals surface area contributed by atoms with E-state index in [9.17, 15) is 18.8 Å². The molecule has 1 aromatic carbocycles. The van der Waals surface area contributed by atoms with Gasteiger partial charge in [0.05, 0.1) is 25.9 Å². The van der Waals surface area contributed by atoms with Crippen molar-refractivity contribution in [2.24, 2.45) is 5.73 Å². The van der Waals surface area contributed by atoms with Crippen molar-refractivity contribution in [3.05, 3.63) is 99.6 Å². The van der Waals surface area contributed by atoms with Crippen molar-refractivity contribution in [1.82, 2.24) is 14.5 Å². The van der Waals surface area contributed by atoms with Gasteiger partial charge in [-0.25, -0.2) is 9.37 Å². The first-order chi connectivity index (χ1) is 17.3. The number of benzene rings is 1. The van der Waals surface area contributed by atoms with Gasteiger partial charge in [-0.15, -0.1) is 0 Å². The van der Waals surface area contributed by atoms with E-state index in [1.54, 1.807) is 6.07 Å². The number of ketones is 1. The maximum atomic E-state index is 14.5. The van der Waals surface area contributed by atoms with Gasteiger partial charge in [-0.2, -0.15) is 0 Å². The maximum Gasteiger partial charge on any atom is 0.267 e. The summed E-state index contributed by atoms with van der Waals surface area (Å²) < 4.78 is 26.5. The van der Waals surface area contributed by atoms with Gasteiger partial charge < -0.3 is 19.5 Å². The lowest BCUT2D eigenvalue weighted by Crippen LogP contribution is -2.32. The van der Waals surface area contributed by atoms with E-state index in [2.05, 4.69) is 9.97 Å². The van der Waals surface area contributed by atoms with Crippen molar-refractivity contribution in [3.8, 4) is 16.9 Å². The molecule has 36 heavy (non-hydrogen) atoms.